The molecular formula is C22H21N3O2. The number of benzene rings is 2. The van der Waals surface area contributed by atoms with Crippen LogP contribution >= 0.6 is 0 Å². The van der Waals surface area contributed by atoms with E-state index < -0.39 is 0 Å². The molecule has 0 spiro atoms. The minimum Gasteiger partial charge on any atom is -0.338 e. The van der Waals surface area contributed by atoms with Crippen molar-refractivity contribution < 1.29 is 9.32 Å². The zero-order chi connectivity index (χ0) is 18.4. The van der Waals surface area contributed by atoms with Gasteiger partial charge in [0.25, 0.3) is 0 Å². The van der Waals surface area contributed by atoms with Crippen LogP contribution in [0.5, 0.6) is 0 Å². The van der Waals surface area contributed by atoms with Crippen LogP contribution in [-0.2, 0) is 10.2 Å². The fraction of sp³-hybridized carbons (Fsp3) is 0.318. The van der Waals surface area contributed by atoms with Crippen molar-refractivity contribution in [1.29, 1.82) is 0 Å². The van der Waals surface area contributed by atoms with Crippen LogP contribution in [0.2, 0.25) is 0 Å². The van der Waals surface area contributed by atoms with E-state index in [-0.39, 0.29) is 17.2 Å². The van der Waals surface area contributed by atoms with E-state index in [9.17, 15) is 4.79 Å². The van der Waals surface area contributed by atoms with Crippen molar-refractivity contribution in [2.24, 2.45) is 0 Å². The Morgan fingerprint density at radius 3 is 2.52 bits per heavy atom. The number of carbonyl (C=O) groups excluding carboxylic acids is 1. The molecule has 1 unspecified atom stereocenters. The summed E-state index contributed by atoms with van der Waals surface area (Å²) in [6, 6.07) is 18.4. The third-order valence-electron chi connectivity index (χ3n) is 5.76. The molecule has 0 radical (unpaired) electrons. The van der Waals surface area contributed by atoms with Gasteiger partial charge in [0.05, 0.1) is 5.41 Å². The number of hydrogen-bond acceptors (Lipinski definition) is 4. The lowest BCUT2D eigenvalue weighted by molar-refractivity contribution is -0.117. The van der Waals surface area contributed by atoms with Crippen LogP contribution in [0.15, 0.2) is 59.1 Å². The van der Waals surface area contributed by atoms with Crippen LogP contribution in [-0.4, -0.2) is 22.6 Å². The quantitative estimate of drug-likeness (QED) is 0.707. The minimum atomic E-state index is -0.133. The molecule has 1 amide bonds. The normalized spacial score (nSPS) is 20.9. The average molecular weight is 359 g/mol. The summed E-state index contributed by atoms with van der Waals surface area (Å²) >= 11 is 0. The van der Waals surface area contributed by atoms with Crippen molar-refractivity contribution in [2.45, 2.75) is 37.5 Å². The van der Waals surface area contributed by atoms with Gasteiger partial charge in [-0.2, -0.15) is 4.98 Å². The number of aromatic nitrogens is 2. The van der Waals surface area contributed by atoms with E-state index in [1.54, 1.807) is 0 Å². The van der Waals surface area contributed by atoms with Crippen LogP contribution in [0.25, 0.3) is 0 Å². The molecule has 27 heavy (non-hydrogen) atoms. The summed E-state index contributed by atoms with van der Waals surface area (Å²) in [6.07, 6.45) is 2.47. The summed E-state index contributed by atoms with van der Waals surface area (Å²) in [4.78, 5) is 19.1. The molecule has 0 bridgehead atoms. The van der Waals surface area contributed by atoms with Crippen LogP contribution in [0, 0.1) is 6.92 Å². The van der Waals surface area contributed by atoms with E-state index in [4.69, 9.17) is 9.51 Å². The molecule has 1 saturated heterocycles. The second kappa shape index (κ2) is 6.05. The summed E-state index contributed by atoms with van der Waals surface area (Å²) in [7, 11) is 0. The van der Waals surface area contributed by atoms with Crippen LogP contribution < -0.4 is 4.90 Å². The maximum absolute atomic E-state index is 12.5. The van der Waals surface area contributed by atoms with Crippen LogP contribution in [0.1, 0.15) is 48.0 Å². The fourth-order valence-electron chi connectivity index (χ4n) is 3.96. The summed E-state index contributed by atoms with van der Waals surface area (Å²) in [5, 5.41) is 4.24. The molecule has 5 rings (SSSR count). The Bertz CT molecular complexity index is 974. The highest BCUT2D eigenvalue weighted by atomic mass is 16.5. The van der Waals surface area contributed by atoms with Gasteiger partial charge in [0.1, 0.15) is 0 Å². The predicted molar refractivity (Wildman–Crippen MR) is 102 cm³/mol. The zero-order valence-corrected chi connectivity index (χ0v) is 15.3. The number of hydrogen-bond donors (Lipinski definition) is 0. The number of anilines is 1. The summed E-state index contributed by atoms with van der Waals surface area (Å²) < 4.78 is 5.66. The monoisotopic (exact) mass is 359 g/mol. The van der Waals surface area contributed by atoms with Gasteiger partial charge in [0.15, 0.2) is 5.82 Å². The third kappa shape index (κ3) is 2.74. The number of rotatable bonds is 4. The molecule has 5 heteroatoms. The third-order valence-corrected chi connectivity index (χ3v) is 5.76. The highest BCUT2D eigenvalue weighted by Crippen LogP contribution is 2.53. The smallest absolute Gasteiger partial charge is 0.237 e. The van der Waals surface area contributed by atoms with E-state index in [1.807, 2.05) is 54.3 Å². The molecule has 1 atom stereocenters. The standard InChI is InChI=1S/C22H21N3O2/c1-15-7-9-18(10-8-15)25-14-16(13-19(25)26)20-23-21(27-24-20)22(11-12-22)17-5-3-2-4-6-17/h2-10,16H,11-14H2,1H3. The molecule has 3 aromatic rings. The second-order valence-electron chi connectivity index (χ2n) is 7.65. The van der Waals surface area contributed by atoms with E-state index in [2.05, 4.69) is 17.3 Å². The average Bonchev–Trinajstić information content (AvgIpc) is 3.18. The van der Waals surface area contributed by atoms with E-state index in [0.717, 1.165) is 18.5 Å². The predicted octanol–water partition coefficient (Wildman–Crippen LogP) is 3.98. The topological polar surface area (TPSA) is 59.2 Å². The first-order valence-electron chi connectivity index (χ1n) is 9.42. The molecule has 2 aromatic carbocycles. The minimum absolute atomic E-state index is 0.0251. The van der Waals surface area contributed by atoms with Crippen molar-refractivity contribution in [3.05, 3.63) is 77.4 Å². The Morgan fingerprint density at radius 1 is 1.07 bits per heavy atom. The SMILES string of the molecule is Cc1ccc(N2CC(c3noc(C4(c5ccccc5)CC4)n3)CC2=O)cc1. The first-order chi connectivity index (χ1) is 13.2. The maximum Gasteiger partial charge on any atom is 0.237 e. The Hall–Kier alpha value is -2.95. The van der Waals surface area contributed by atoms with E-state index in [0.29, 0.717) is 24.7 Å². The molecule has 1 aliphatic heterocycles. The maximum atomic E-state index is 12.5. The van der Waals surface area contributed by atoms with Gasteiger partial charge in [0.2, 0.25) is 11.8 Å². The molecular weight excluding hydrogens is 338 g/mol. The Labute approximate surface area is 158 Å². The molecule has 1 aromatic heterocycles. The summed E-state index contributed by atoms with van der Waals surface area (Å²) in [5.41, 5.74) is 3.20. The van der Waals surface area contributed by atoms with Crippen molar-refractivity contribution in [2.75, 3.05) is 11.4 Å². The van der Waals surface area contributed by atoms with Crippen LogP contribution in [0.3, 0.4) is 0 Å². The van der Waals surface area contributed by atoms with E-state index in [1.165, 1.54) is 11.1 Å². The number of nitrogens with zero attached hydrogens (tertiary/aromatic N) is 3. The van der Waals surface area contributed by atoms with Gasteiger partial charge in [-0.05, 0) is 37.5 Å². The molecule has 2 aliphatic rings. The van der Waals surface area contributed by atoms with Gasteiger partial charge >= 0.3 is 0 Å². The highest BCUT2D eigenvalue weighted by Gasteiger charge is 2.51. The molecule has 2 heterocycles. The summed E-state index contributed by atoms with van der Waals surface area (Å²) in [5.74, 6) is 1.42. The van der Waals surface area contributed by atoms with Gasteiger partial charge < -0.3 is 9.42 Å². The van der Waals surface area contributed by atoms with Crippen molar-refractivity contribution in [1.82, 2.24) is 10.1 Å². The Balaban J connectivity index is 1.38. The van der Waals surface area contributed by atoms with Gasteiger partial charge in [0, 0.05) is 24.6 Å². The molecule has 0 N–H and O–H groups in total. The first kappa shape index (κ1) is 16.2. The lowest BCUT2D eigenvalue weighted by atomic mass is 9.96. The number of carbonyl (C=O) groups is 1. The molecule has 136 valence electrons. The van der Waals surface area contributed by atoms with Gasteiger partial charge in [-0.1, -0.05) is 53.2 Å². The van der Waals surface area contributed by atoms with Crippen molar-refractivity contribution in [3.63, 3.8) is 0 Å². The molecule has 2 fully saturated rings. The zero-order valence-electron chi connectivity index (χ0n) is 15.3. The molecule has 1 aliphatic carbocycles. The first-order valence-corrected chi connectivity index (χ1v) is 9.42. The lowest BCUT2D eigenvalue weighted by Gasteiger charge is -2.16. The lowest BCUT2D eigenvalue weighted by Crippen LogP contribution is -2.24. The fourth-order valence-corrected chi connectivity index (χ4v) is 3.96. The number of amides is 1. The van der Waals surface area contributed by atoms with Crippen molar-refractivity contribution in [3.8, 4) is 0 Å². The summed E-state index contributed by atoms with van der Waals surface area (Å²) in [6.45, 7) is 2.64. The Kier molecular flexibility index (Phi) is 3.64. The van der Waals surface area contributed by atoms with Gasteiger partial charge in [-0.25, -0.2) is 0 Å². The molecule has 1 saturated carbocycles. The van der Waals surface area contributed by atoms with E-state index >= 15 is 0 Å². The van der Waals surface area contributed by atoms with Gasteiger partial charge in [-0.15, -0.1) is 0 Å². The molecule has 5 nitrogen and oxygen atoms in total. The Morgan fingerprint density at radius 2 is 1.81 bits per heavy atom. The highest BCUT2D eigenvalue weighted by molar-refractivity contribution is 5.96. The second-order valence-corrected chi connectivity index (χ2v) is 7.65. The largest absolute Gasteiger partial charge is 0.338 e. The number of aryl methyl sites for hydroxylation is 1. The van der Waals surface area contributed by atoms with Crippen molar-refractivity contribution >= 4 is 11.6 Å². The van der Waals surface area contributed by atoms with Crippen LogP contribution in [0.4, 0.5) is 5.69 Å². The van der Waals surface area contributed by atoms with Gasteiger partial charge in [-0.3, -0.25) is 4.79 Å².